The van der Waals surface area contributed by atoms with Gasteiger partial charge in [-0.15, -0.1) is 12.4 Å². The molecule has 0 spiro atoms. The fraction of sp³-hybridized carbons (Fsp3) is 0.583. The highest BCUT2D eigenvalue weighted by molar-refractivity contribution is 5.93. The number of likely N-dealkylation sites (tertiary alicyclic amines) is 1. The van der Waals surface area contributed by atoms with E-state index in [2.05, 4.69) is 5.32 Å². The summed E-state index contributed by atoms with van der Waals surface area (Å²) in [6, 6.07) is 1.73. The van der Waals surface area contributed by atoms with Gasteiger partial charge >= 0.3 is 0 Å². The second-order valence-corrected chi connectivity index (χ2v) is 4.33. The normalized spacial score (nSPS) is 19.8. The van der Waals surface area contributed by atoms with Crippen LogP contribution in [-0.4, -0.2) is 37.5 Å². The molecule has 0 aliphatic carbocycles. The number of rotatable bonds is 3. The fourth-order valence-electron chi connectivity index (χ4n) is 2.27. The van der Waals surface area contributed by atoms with Crippen molar-refractivity contribution in [3.05, 3.63) is 24.2 Å². The van der Waals surface area contributed by atoms with Gasteiger partial charge in [0.25, 0.3) is 5.91 Å². The molecule has 1 amide bonds. The zero-order valence-electron chi connectivity index (χ0n) is 10.0. The summed E-state index contributed by atoms with van der Waals surface area (Å²) in [6.45, 7) is 2.70. The Bertz CT molecular complexity index is 338. The highest BCUT2D eigenvalue weighted by Gasteiger charge is 2.24. The standard InChI is InChI=1S/C12H18N2O2.ClH/c1-13-7-10-3-2-5-14(8-10)12(15)11-4-6-16-9-11;/h4,6,9-10,13H,2-3,5,7-8H2,1H3;1H. The molecule has 1 atom stereocenters. The molecule has 1 aromatic heterocycles. The van der Waals surface area contributed by atoms with E-state index in [0.29, 0.717) is 11.5 Å². The van der Waals surface area contributed by atoms with Gasteiger partial charge in [-0.3, -0.25) is 4.79 Å². The molecular weight excluding hydrogens is 240 g/mol. The molecule has 2 heterocycles. The van der Waals surface area contributed by atoms with E-state index in [4.69, 9.17) is 4.42 Å². The lowest BCUT2D eigenvalue weighted by atomic mass is 9.97. The van der Waals surface area contributed by atoms with Crippen molar-refractivity contribution in [3.8, 4) is 0 Å². The third-order valence-electron chi connectivity index (χ3n) is 3.07. The van der Waals surface area contributed by atoms with Crippen molar-refractivity contribution >= 4 is 18.3 Å². The van der Waals surface area contributed by atoms with Gasteiger partial charge in [0, 0.05) is 13.1 Å². The third kappa shape index (κ3) is 3.48. The van der Waals surface area contributed by atoms with Gasteiger partial charge in [-0.25, -0.2) is 0 Å². The number of piperidine rings is 1. The lowest BCUT2D eigenvalue weighted by molar-refractivity contribution is 0.0673. The zero-order valence-corrected chi connectivity index (χ0v) is 10.8. The van der Waals surface area contributed by atoms with E-state index in [1.54, 1.807) is 12.3 Å². The van der Waals surface area contributed by atoms with Crippen LogP contribution in [0.25, 0.3) is 0 Å². The number of nitrogens with zero attached hydrogens (tertiary/aromatic N) is 1. The van der Waals surface area contributed by atoms with E-state index in [-0.39, 0.29) is 18.3 Å². The zero-order chi connectivity index (χ0) is 11.4. The second-order valence-electron chi connectivity index (χ2n) is 4.33. The van der Waals surface area contributed by atoms with Crippen LogP contribution < -0.4 is 5.32 Å². The monoisotopic (exact) mass is 258 g/mol. The smallest absolute Gasteiger partial charge is 0.257 e. The molecular formula is C12H19ClN2O2. The minimum Gasteiger partial charge on any atom is -0.472 e. The number of carbonyl (C=O) groups is 1. The molecule has 1 aliphatic heterocycles. The van der Waals surface area contributed by atoms with E-state index in [9.17, 15) is 4.79 Å². The van der Waals surface area contributed by atoms with Gasteiger partial charge in [0.05, 0.1) is 11.8 Å². The van der Waals surface area contributed by atoms with Crippen molar-refractivity contribution in [2.24, 2.45) is 5.92 Å². The molecule has 1 unspecified atom stereocenters. The van der Waals surface area contributed by atoms with Gasteiger partial charge in [-0.2, -0.15) is 0 Å². The Labute approximate surface area is 108 Å². The Morgan fingerprint density at radius 1 is 1.65 bits per heavy atom. The number of hydrogen-bond donors (Lipinski definition) is 1. The summed E-state index contributed by atoms with van der Waals surface area (Å²) < 4.78 is 4.94. The molecule has 0 saturated carbocycles. The molecule has 1 aromatic rings. The van der Waals surface area contributed by atoms with Crippen LogP contribution in [0.2, 0.25) is 0 Å². The Morgan fingerprint density at radius 3 is 3.12 bits per heavy atom. The summed E-state index contributed by atoms with van der Waals surface area (Å²) >= 11 is 0. The minimum atomic E-state index is 0. The predicted molar refractivity (Wildman–Crippen MR) is 68.5 cm³/mol. The lowest BCUT2D eigenvalue weighted by Gasteiger charge is -2.32. The molecule has 1 aliphatic rings. The second kappa shape index (κ2) is 6.67. The van der Waals surface area contributed by atoms with Crippen molar-refractivity contribution in [2.75, 3.05) is 26.7 Å². The van der Waals surface area contributed by atoms with Crippen molar-refractivity contribution in [1.82, 2.24) is 10.2 Å². The molecule has 2 rings (SSSR count). The number of furan rings is 1. The summed E-state index contributed by atoms with van der Waals surface area (Å²) in [4.78, 5) is 14.0. The van der Waals surface area contributed by atoms with Crippen molar-refractivity contribution in [2.45, 2.75) is 12.8 Å². The average Bonchev–Trinajstić information content (AvgIpc) is 2.82. The quantitative estimate of drug-likeness (QED) is 0.899. The van der Waals surface area contributed by atoms with Crippen molar-refractivity contribution in [3.63, 3.8) is 0 Å². The average molecular weight is 259 g/mol. The number of nitrogens with one attached hydrogen (secondary N) is 1. The van der Waals surface area contributed by atoms with Gasteiger partial charge in [-0.05, 0) is 38.4 Å². The van der Waals surface area contributed by atoms with Crippen LogP contribution in [0.1, 0.15) is 23.2 Å². The summed E-state index contributed by atoms with van der Waals surface area (Å²) in [7, 11) is 1.96. The SMILES string of the molecule is CNCC1CCCN(C(=O)c2ccoc2)C1.Cl. The molecule has 1 N–H and O–H groups in total. The van der Waals surface area contributed by atoms with E-state index >= 15 is 0 Å². The van der Waals surface area contributed by atoms with Crippen LogP contribution in [0.15, 0.2) is 23.0 Å². The van der Waals surface area contributed by atoms with Crippen LogP contribution in [0.5, 0.6) is 0 Å². The highest BCUT2D eigenvalue weighted by atomic mass is 35.5. The van der Waals surface area contributed by atoms with Gasteiger partial charge in [-0.1, -0.05) is 0 Å². The summed E-state index contributed by atoms with van der Waals surface area (Å²) in [6.07, 6.45) is 5.36. The molecule has 0 radical (unpaired) electrons. The van der Waals surface area contributed by atoms with Crippen LogP contribution in [0.4, 0.5) is 0 Å². The summed E-state index contributed by atoms with van der Waals surface area (Å²) in [5, 5.41) is 3.18. The first-order valence-corrected chi connectivity index (χ1v) is 5.77. The Kier molecular flexibility index (Phi) is 5.51. The van der Waals surface area contributed by atoms with Crippen LogP contribution in [-0.2, 0) is 0 Å². The van der Waals surface area contributed by atoms with Crippen molar-refractivity contribution < 1.29 is 9.21 Å². The molecule has 0 bridgehead atoms. The molecule has 96 valence electrons. The van der Waals surface area contributed by atoms with Gasteiger partial charge in [0.2, 0.25) is 0 Å². The summed E-state index contributed by atoms with van der Waals surface area (Å²) in [5.74, 6) is 0.671. The van der Waals surface area contributed by atoms with Crippen LogP contribution in [0, 0.1) is 5.92 Å². The van der Waals surface area contributed by atoms with Gasteiger partial charge in [0.1, 0.15) is 6.26 Å². The van der Waals surface area contributed by atoms with E-state index in [0.717, 1.165) is 26.1 Å². The highest BCUT2D eigenvalue weighted by Crippen LogP contribution is 2.18. The third-order valence-corrected chi connectivity index (χ3v) is 3.07. The Balaban J connectivity index is 0.00000144. The van der Waals surface area contributed by atoms with E-state index in [1.165, 1.54) is 12.7 Å². The Hall–Kier alpha value is -1.00. The molecule has 17 heavy (non-hydrogen) atoms. The summed E-state index contributed by atoms with van der Waals surface area (Å²) in [5.41, 5.74) is 0.658. The molecule has 1 saturated heterocycles. The van der Waals surface area contributed by atoms with E-state index < -0.39 is 0 Å². The van der Waals surface area contributed by atoms with Gasteiger partial charge in [0.15, 0.2) is 0 Å². The first kappa shape index (κ1) is 14.1. The number of halogens is 1. The lowest BCUT2D eigenvalue weighted by Crippen LogP contribution is -2.42. The fourth-order valence-corrected chi connectivity index (χ4v) is 2.27. The number of carbonyl (C=O) groups excluding carboxylic acids is 1. The van der Waals surface area contributed by atoms with Crippen LogP contribution in [0.3, 0.4) is 0 Å². The molecule has 0 aromatic carbocycles. The maximum atomic E-state index is 12.1. The van der Waals surface area contributed by atoms with Crippen molar-refractivity contribution in [1.29, 1.82) is 0 Å². The number of amides is 1. The largest absolute Gasteiger partial charge is 0.472 e. The maximum absolute atomic E-state index is 12.1. The predicted octanol–water partition coefficient (Wildman–Crippen LogP) is 1.77. The molecule has 5 heteroatoms. The van der Waals surface area contributed by atoms with E-state index in [1.807, 2.05) is 11.9 Å². The Morgan fingerprint density at radius 2 is 2.47 bits per heavy atom. The first-order valence-electron chi connectivity index (χ1n) is 5.77. The first-order chi connectivity index (χ1) is 7.81. The maximum Gasteiger partial charge on any atom is 0.257 e. The topological polar surface area (TPSA) is 45.5 Å². The van der Waals surface area contributed by atoms with Gasteiger partial charge < -0.3 is 14.6 Å². The molecule has 1 fully saturated rings. The molecule has 4 nitrogen and oxygen atoms in total. The number of hydrogen-bond acceptors (Lipinski definition) is 3. The van der Waals surface area contributed by atoms with Crippen LogP contribution >= 0.6 is 12.4 Å². The minimum absolute atomic E-state index is 0.